The Morgan fingerprint density at radius 1 is 1.14 bits per heavy atom. The van der Waals surface area contributed by atoms with Crippen LogP contribution in [0.1, 0.15) is 12.5 Å². The molecule has 3 rings (SSSR count). The molecule has 2 atom stereocenters. The summed E-state index contributed by atoms with van der Waals surface area (Å²) in [6.45, 7) is 3.12. The Morgan fingerprint density at radius 2 is 1.86 bits per heavy atom. The second-order valence-corrected chi connectivity index (χ2v) is 5.61. The number of rotatable bonds is 5. The molecule has 2 aromatic carbocycles. The van der Waals surface area contributed by atoms with Crippen molar-refractivity contribution in [1.82, 2.24) is 0 Å². The smallest absolute Gasteiger partial charge is 0.119 e. The number of fused-ring (bicyclic) bond motifs is 1. The Morgan fingerprint density at radius 3 is 2.67 bits per heavy atom. The first-order valence-corrected chi connectivity index (χ1v) is 7.44. The van der Waals surface area contributed by atoms with E-state index in [-0.39, 0.29) is 0 Å². The first kappa shape index (κ1) is 14.0. The topological polar surface area (TPSA) is 32.7 Å². The van der Waals surface area contributed by atoms with Crippen LogP contribution >= 0.6 is 0 Å². The van der Waals surface area contributed by atoms with E-state index in [2.05, 4.69) is 36.1 Å². The minimum Gasteiger partial charge on any atom is -0.491 e. The zero-order valence-electron chi connectivity index (χ0n) is 12.3. The number of benzene rings is 2. The molecule has 0 saturated heterocycles. The first-order valence-electron chi connectivity index (χ1n) is 7.44. The highest BCUT2D eigenvalue weighted by Gasteiger charge is 2.27. The average molecular weight is 283 g/mol. The second-order valence-electron chi connectivity index (χ2n) is 5.61. The predicted molar refractivity (Wildman–Crippen MR) is 84.9 cm³/mol. The molecule has 0 amide bonds. The molecule has 21 heavy (non-hydrogen) atoms. The number of hydrogen-bond donors (Lipinski definition) is 1. The Hall–Kier alpha value is -2.00. The van der Waals surface area contributed by atoms with Crippen LogP contribution in [0.25, 0.3) is 0 Å². The molecule has 110 valence electrons. The van der Waals surface area contributed by atoms with Crippen LogP contribution in [0.2, 0.25) is 0 Å². The molecule has 1 heterocycles. The Balaban J connectivity index is 1.59. The number of β-amino-alcohol motifs (C(OH)–C–C–N with tert-alkyl or cyclic N) is 1. The minimum absolute atomic E-state index is 0.315. The van der Waals surface area contributed by atoms with Gasteiger partial charge in [0.05, 0.1) is 0 Å². The third-order valence-corrected chi connectivity index (χ3v) is 3.94. The van der Waals surface area contributed by atoms with E-state index in [1.54, 1.807) is 0 Å². The monoisotopic (exact) mass is 283 g/mol. The quantitative estimate of drug-likeness (QED) is 0.916. The molecular weight excluding hydrogens is 262 g/mol. The molecule has 0 spiro atoms. The van der Waals surface area contributed by atoms with Crippen LogP contribution in [-0.4, -0.2) is 30.4 Å². The summed E-state index contributed by atoms with van der Waals surface area (Å²) >= 11 is 0. The fourth-order valence-electron chi connectivity index (χ4n) is 2.90. The zero-order chi connectivity index (χ0) is 14.7. The van der Waals surface area contributed by atoms with Crippen LogP contribution < -0.4 is 9.64 Å². The van der Waals surface area contributed by atoms with Gasteiger partial charge >= 0.3 is 0 Å². The summed E-state index contributed by atoms with van der Waals surface area (Å²) in [6.07, 6.45) is 0.543. The largest absolute Gasteiger partial charge is 0.491 e. The van der Waals surface area contributed by atoms with Crippen molar-refractivity contribution in [3.63, 3.8) is 0 Å². The van der Waals surface area contributed by atoms with Gasteiger partial charge in [-0.25, -0.2) is 0 Å². The number of aliphatic hydroxyl groups excluding tert-OH is 1. The highest BCUT2D eigenvalue weighted by atomic mass is 16.5. The molecule has 2 unspecified atom stereocenters. The lowest BCUT2D eigenvalue weighted by atomic mass is 10.1. The van der Waals surface area contributed by atoms with Gasteiger partial charge in [0.25, 0.3) is 0 Å². The normalized spacial score (nSPS) is 18.4. The summed E-state index contributed by atoms with van der Waals surface area (Å²) in [6, 6.07) is 18.5. The Bertz CT molecular complexity index is 585. The summed E-state index contributed by atoms with van der Waals surface area (Å²) in [5.74, 6) is 0.798. The van der Waals surface area contributed by atoms with Crippen molar-refractivity contribution in [2.24, 2.45) is 0 Å². The second kappa shape index (κ2) is 6.19. The standard InChI is InChI=1S/C18H21NO2/c1-14-11-15-7-5-6-10-18(15)19(14)12-16(20)13-21-17-8-3-2-4-9-17/h2-10,14,16,20H,11-13H2,1H3. The molecule has 0 bridgehead atoms. The number of para-hydroxylation sites is 2. The van der Waals surface area contributed by atoms with E-state index in [1.165, 1.54) is 11.3 Å². The maximum Gasteiger partial charge on any atom is 0.119 e. The minimum atomic E-state index is -0.501. The van der Waals surface area contributed by atoms with E-state index in [0.29, 0.717) is 19.2 Å². The van der Waals surface area contributed by atoms with Crippen LogP contribution in [0.15, 0.2) is 54.6 Å². The lowest BCUT2D eigenvalue weighted by Gasteiger charge is -2.27. The maximum atomic E-state index is 10.2. The van der Waals surface area contributed by atoms with Crippen molar-refractivity contribution in [1.29, 1.82) is 0 Å². The van der Waals surface area contributed by atoms with Crippen LogP contribution in [0.5, 0.6) is 5.75 Å². The van der Waals surface area contributed by atoms with Gasteiger partial charge in [0.2, 0.25) is 0 Å². The van der Waals surface area contributed by atoms with E-state index in [9.17, 15) is 5.11 Å². The summed E-state index contributed by atoms with van der Waals surface area (Å²) in [5, 5.41) is 10.2. The van der Waals surface area contributed by atoms with Gasteiger partial charge in [-0.05, 0) is 37.1 Å². The van der Waals surface area contributed by atoms with E-state index in [4.69, 9.17) is 4.74 Å². The molecule has 3 heteroatoms. The third-order valence-electron chi connectivity index (χ3n) is 3.94. The highest BCUT2D eigenvalue weighted by molar-refractivity contribution is 5.59. The number of aliphatic hydroxyl groups is 1. The van der Waals surface area contributed by atoms with Gasteiger partial charge in [-0.3, -0.25) is 0 Å². The van der Waals surface area contributed by atoms with Crippen molar-refractivity contribution in [3.8, 4) is 5.75 Å². The lowest BCUT2D eigenvalue weighted by Crippen LogP contribution is -2.39. The molecule has 0 radical (unpaired) electrons. The number of ether oxygens (including phenoxy) is 1. The van der Waals surface area contributed by atoms with Crippen LogP contribution in [0.4, 0.5) is 5.69 Å². The fraction of sp³-hybridized carbons (Fsp3) is 0.333. The maximum absolute atomic E-state index is 10.2. The van der Waals surface area contributed by atoms with Gasteiger partial charge in [-0.2, -0.15) is 0 Å². The van der Waals surface area contributed by atoms with Gasteiger partial charge in [-0.1, -0.05) is 36.4 Å². The Kier molecular flexibility index (Phi) is 4.11. The Labute approximate surface area is 125 Å². The molecule has 0 aliphatic carbocycles. The summed E-state index contributed by atoms with van der Waals surface area (Å²) < 4.78 is 5.62. The van der Waals surface area contributed by atoms with Crippen LogP contribution in [-0.2, 0) is 6.42 Å². The summed E-state index contributed by atoms with van der Waals surface area (Å²) in [4.78, 5) is 2.27. The SMILES string of the molecule is CC1Cc2ccccc2N1CC(O)COc1ccccc1. The summed E-state index contributed by atoms with van der Waals surface area (Å²) in [7, 11) is 0. The molecule has 0 saturated carbocycles. The molecule has 1 N–H and O–H groups in total. The van der Waals surface area contributed by atoms with E-state index in [1.807, 2.05) is 30.3 Å². The van der Waals surface area contributed by atoms with Crippen molar-refractivity contribution >= 4 is 5.69 Å². The fourth-order valence-corrected chi connectivity index (χ4v) is 2.90. The zero-order valence-corrected chi connectivity index (χ0v) is 12.3. The first-order chi connectivity index (χ1) is 10.2. The van der Waals surface area contributed by atoms with E-state index < -0.39 is 6.10 Å². The average Bonchev–Trinajstić information content (AvgIpc) is 2.82. The van der Waals surface area contributed by atoms with Gasteiger partial charge < -0.3 is 14.7 Å². The van der Waals surface area contributed by atoms with Crippen molar-refractivity contribution in [2.45, 2.75) is 25.5 Å². The highest BCUT2D eigenvalue weighted by Crippen LogP contribution is 2.31. The number of anilines is 1. The van der Waals surface area contributed by atoms with Crippen molar-refractivity contribution in [3.05, 3.63) is 60.2 Å². The van der Waals surface area contributed by atoms with Gasteiger partial charge in [0, 0.05) is 18.3 Å². The molecule has 0 fully saturated rings. The number of nitrogens with zero attached hydrogens (tertiary/aromatic N) is 1. The van der Waals surface area contributed by atoms with Crippen molar-refractivity contribution in [2.75, 3.05) is 18.1 Å². The molecule has 2 aromatic rings. The summed E-state index contributed by atoms with van der Waals surface area (Å²) in [5.41, 5.74) is 2.60. The molecule has 3 nitrogen and oxygen atoms in total. The van der Waals surface area contributed by atoms with Gasteiger partial charge in [-0.15, -0.1) is 0 Å². The van der Waals surface area contributed by atoms with Crippen LogP contribution in [0.3, 0.4) is 0 Å². The molecular formula is C18H21NO2. The lowest BCUT2D eigenvalue weighted by molar-refractivity contribution is 0.111. The van der Waals surface area contributed by atoms with Gasteiger partial charge in [0.15, 0.2) is 0 Å². The van der Waals surface area contributed by atoms with E-state index >= 15 is 0 Å². The predicted octanol–water partition coefficient (Wildman–Crippen LogP) is 2.88. The van der Waals surface area contributed by atoms with Crippen molar-refractivity contribution < 1.29 is 9.84 Å². The van der Waals surface area contributed by atoms with Gasteiger partial charge in [0.1, 0.15) is 18.5 Å². The van der Waals surface area contributed by atoms with E-state index in [0.717, 1.165) is 12.2 Å². The molecule has 1 aliphatic heterocycles. The third kappa shape index (κ3) is 3.19. The van der Waals surface area contributed by atoms with Crippen LogP contribution in [0, 0.1) is 0 Å². The molecule has 0 aromatic heterocycles. The molecule has 1 aliphatic rings. The number of hydrogen-bond acceptors (Lipinski definition) is 3.